The summed E-state index contributed by atoms with van der Waals surface area (Å²) >= 11 is 0. The highest BCUT2D eigenvalue weighted by Crippen LogP contribution is 2.36. The minimum atomic E-state index is -0.264. The van der Waals surface area contributed by atoms with E-state index in [1.54, 1.807) is 25.3 Å². The van der Waals surface area contributed by atoms with Crippen LogP contribution in [-0.2, 0) is 14.3 Å². The Balaban J connectivity index is 1.41. The van der Waals surface area contributed by atoms with Crippen molar-refractivity contribution in [3.8, 4) is 11.4 Å². The van der Waals surface area contributed by atoms with Crippen molar-refractivity contribution in [2.75, 3.05) is 38.7 Å². The summed E-state index contributed by atoms with van der Waals surface area (Å²) < 4.78 is 10.4. The number of carbonyl (C=O) groups is 2. The summed E-state index contributed by atoms with van der Waals surface area (Å²) in [4.78, 5) is 36.4. The van der Waals surface area contributed by atoms with Gasteiger partial charge in [0, 0.05) is 44.9 Å². The van der Waals surface area contributed by atoms with E-state index in [-0.39, 0.29) is 24.5 Å². The van der Waals surface area contributed by atoms with E-state index in [1.807, 2.05) is 4.90 Å². The highest BCUT2D eigenvalue weighted by molar-refractivity contribution is 5.90. The van der Waals surface area contributed by atoms with E-state index >= 15 is 0 Å². The normalized spacial score (nSPS) is 20.2. The van der Waals surface area contributed by atoms with Gasteiger partial charge in [-0.05, 0) is 44.4 Å². The van der Waals surface area contributed by atoms with Crippen molar-refractivity contribution in [1.29, 1.82) is 0 Å². The molecule has 2 aromatic rings. The zero-order chi connectivity index (χ0) is 21.8. The van der Waals surface area contributed by atoms with Crippen LogP contribution < -0.4 is 5.32 Å². The van der Waals surface area contributed by atoms with Crippen LogP contribution >= 0.6 is 0 Å². The summed E-state index contributed by atoms with van der Waals surface area (Å²) in [5.41, 5.74) is 0.721. The van der Waals surface area contributed by atoms with Crippen LogP contribution in [0.15, 0.2) is 22.9 Å². The number of rotatable bonds is 6. The Bertz CT molecular complexity index is 907. The van der Waals surface area contributed by atoms with Gasteiger partial charge >= 0.3 is 0 Å². The molecular formula is C21H28N6O4. The van der Waals surface area contributed by atoms with Crippen molar-refractivity contribution < 1.29 is 18.8 Å². The zero-order valence-corrected chi connectivity index (χ0v) is 17.9. The van der Waals surface area contributed by atoms with Gasteiger partial charge in [-0.1, -0.05) is 5.16 Å². The maximum atomic E-state index is 11.6. The molecule has 10 nitrogen and oxygen atoms in total. The molecule has 31 heavy (non-hydrogen) atoms. The predicted octanol–water partition coefficient (Wildman–Crippen LogP) is 1.86. The number of hydrogen-bond donors (Lipinski definition) is 1. The van der Waals surface area contributed by atoms with Crippen molar-refractivity contribution in [3.05, 3.63) is 24.2 Å². The Morgan fingerprint density at radius 2 is 2.03 bits per heavy atom. The van der Waals surface area contributed by atoms with Crippen molar-refractivity contribution in [3.63, 3.8) is 0 Å². The molecule has 1 atom stereocenters. The number of likely N-dealkylation sites (tertiary alicyclic amines) is 2. The molecule has 0 spiro atoms. The third-order valence-electron chi connectivity index (χ3n) is 5.96. The lowest BCUT2D eigenvalue weighted by Gasteiger charge is -2.38. The van der Waals surface area contributed by atoms with Gasteiger partial charge in [-0.25, -0.2) is 4.98 Å². The molecule has 4 heterocycles. The van der Waals surface area contributed by atoms with Crippen LogP contribution in [0.5, 0.6) is 0 Å². The lowest BCUT2D eigenvalue weighted by atomic mass is 10.0. The van der Waals surface area contributed by atoms with Gasteiger partial charge in [-0.3, -0.25) is 14.5 Å². The van der Waals surface area contributed by atoms with Gasteiger partial charge in [0.15, 0.2) is 0 Å². The predicted molar refractivity (Wildman–Crippen MR) is 112 cm³/mol. The van der Waals surface area contributed by atoms with Crippen molar-refractivity contribution in [1.82, 2.24) is 24.9 Å². The van der Waals surface area contributed by atoms with Crippen molar-refractivity contribution in [2.45, 2.75) is 44.7 Å². The van der Waals surface area contributed by atoms with E-state index in [0.29, 0.717) is 23.6 Å². The van der Waals surface area contributed by atoms with Gasteiger partial charge in [-0.15, -0.1) is 0 Å². The summed E-state index contributed by atoms with van der Waals surface area (Å²) in [6.07, 6.45) is 5.62. The maximum absolute atomic E-state index is 11.6. The third kappa shape index (κ3) is 4.91. The molecule has 0 bridgehead atoms. The molecule has 2 saturated heterocycles. The van der Waals surface area contributed by atoms with Gasteiger partial charge in [-0.2, -0.15) is 4.98 Å². The number of piperidine rings is 1. The molecule has 2 amide bonds. The number of pyridine rings is 1. The first-order valence-electron chi connectivity index (χ1n) is 10.6. The summed E-state index contributed by atoms with van der Waals surface area (Å²) in [7, 11) is 1.46. The number of carbonyl (C=O) groups excluding carboxylic acids is 2. The van der Waals surface area contributed by atoms with E-state index in [4.69, 9.17) is 9.26 Å². The quantitative estimate of drug-likeness (QED) is 0.742. The molecule has 4 rings (SSSR count). The van der Waals surface area contributed by atoms with E-state index in [0.717, 1.165) is 50.9 Å². The highest BCUT2D eigenvalue weighted by Gasteiger charge is 2.37. The molecule has 0 radical (unpaired) electrons. The first kappa shape index (κ1) is 21.4. The molecule has 0 saturated carbocycles. The Morgan fingerprint density at radius 1 is 1.23 bits per heavy atom. The molecule has 2 aromatic heterocycles. The highest BCUT2D eigenvalue weighted by atomic mass is 16.5. The summed E-state index contributed by atoms with van der Waals surface area (Å²) in [6.45, 7) is 4.22. The number of hydrogen-bond acceptors (Lipinski definition) is 8. The SMILES string of the molecule is COCC(=O)Nc1ccc(-c2noc(C3CCCN3C3CCN(C(C)=O)CC3)n2)cn1. The minimum Gasteiger partial charge on any atom is -0.375 e. The second kappa shape index (κ2) is 9.52. The summed E-state index contributed by atoms with van der Waals surface area (Å²) in [6, 6.07) is 4.03. The Hall–Kier alpha value is -2.85. The first-order chi connectivity index (χ1) is 15.0. The van der Waals surface area contributed by atoms with E-state index in [1.165, 1.54) is 7.11 Å². The number of methoxy groups -OCH3 is 1. The molecule has 2 fully saturated rings. The molecule has 0 aromatic carbocycles. The standard InChI is InChI=1S/C21H28N6O4/c1-14(28)26-10-7-16(8-11-26)27-9-3-4-17(27)21-24-20(25-31-21)15-5-6-18(22-12-15)23-19(29)13-30-2/h5-6,12,16-17H,3-4,7-11,13H2,1-2H3,(H,22,23,29). The van der Waals surface area contributed by atoms with E-state index in [2.05, 4.69) is 25.3 Å². The number of anilines is 1. The summed E-state index contributed by atoms with van der Waals surface area (Å²) in [5, 5.41) is 6.81. The maximum Gasteiger partial charge on any atom is 0.251 e. The van der Waals surface area contributed by atoms with Gasteiger partial charge in [0.05, 0.1) is 6.04 Å². The molecule has 1 N–H and O–H groups in total. The number of nitrogens with zero attached hydrogens (tertiary/aromatic N) is 5. The van der Waals surface area contributed by atoms with Crippen LogP contribution in [0.25, 0.3) is 11.4 Å². The van der Waals surface area contributed by atoms with E-state index in [9.17, 15) is 9.59 Å². The molecule has 166 valence electrons. The third-order valence-corrected chi connectivity index (χ3v) is 5.96. The molecule has 0 aliphatic carbocycles. The zero-order valence-electron chi connectivity index (χ0n) is 17.9. The summed E-state index contributed by atoms with van der Waals surface area (Å²) in [5.74, 6) is 1.43. The fraction of sp³-hybridized carbons (Fsp3) is 0.571. The molecule has 1 unspecified atom stereocenters. The van der Waals surface area contributed by atoms with Crippen molar-refractivity contribution in [2.24, 2.45) is 0 Å². The molecular weight excluding hydrogens is 400 g/mol. The average molecular weight is 428 g/mol. The smallest absolute Gasteiger partial charge is 0.251 e. The second-order valence-corrected chi connectivity index (χ2v) is 8.00. The van der Waals surface area contributed by atoms with Gasteiger partial charge in [0.25, 0.3) is 5.91 Å². The number of aromatic nitrogens is 3. The van der Waals surface area contributed by atoms with Crippen LogP contribution in [0.2, 0.25) is 0 Å². The van der Waals surface area contributed by atoms with Gasteiger partial charge in [0.2, 0.25) is 17.6 Å². The van der Waals surface area contributed by atoms with Gasteiger partial charge in [0.1, 0.15) is 12.4 Å². The number of amides is 2. The Labute approximate surface area is 180 Å². The number of ether oxygens (including phenoxy) is 1. The molecule has 2 aliphatic rings. The van der Waals surface area contributed by atoms with Crippen LogP contribution in [0.3, 0.4) is 0 Å². The lowest BCUT2D eigenvalue weighted by molar-refractivity contribution is -0.130. The first-order valence-corrected chi connectivity index (χ1v) is 10.6. The van der Waals surface area contributed by atoms with Crippen LogP contribution in [0.1, 0.15) is 44.5 Å². The monoisotopic (exact) mass is 428 g/mol. The van der Waals surface area contributed by atoms with Gasteiger partial charge < -0.3 is 19.5 Å². The molecule has 10 heteroatoms. The molecule has 2 aliphatic heterocycles. The van der Waals surface area contributed by atoms with E-state index < -0.39 is 0 Å². The number of nitrogens with one attached hydrogen (secondary N) is 1. The fourth-order valence-electron chi connectivity index (χ4n) is 4.40. The van der Waals surface area contributed by atoms with Crippen LogP contribution in [-0.4, -0.2) is 76.1 Å². The topological polar surface area (TPSA) is 114 Å². The second-order valence-electron chi connectivity index (χ2n) is 8.00. The Morgan fingerprint density at radius 3 is 2.71 bits per heavy atom. The van der Waals surface area contributed by atoms with Crippen molar-refractivity contribution >= 4 is 17.6 Å². The fourth-order valence-corrected chi connectivity index (χ4v) is 4.40. The van der Waals surface area contributed by atoms with Crippen LogP contribution in [0, 0.1) is 0 Å². The minimum absolute atomic E-state index is 0.0245. The largest absolute Gasteiger partial charge is 0.375 e. The van der Waals surface area contributed by atoms with Crippen LogP contribution in [0.4, 0.5) is 5.82 Å². The lowest BCUT2D eigenvalue weighted by Crippen LogP contribution is -2.46. The average Bonchev–Trinajstić information content (AvgIpc) is 3.44. The Kier molecular flexibility index (Phi) is 6.57.